The summed E-state index contributed by atoms with van der Waals surface area (Å²) in [5, 5.41) is 7.52. The molecule has 0 bridgehead atoms. The lowest BCUT2D eigenvalue weighted by molar-refractivity contribution is 0.165. The quantitative estimate of drug-likeness (QED) is 0.171. The van der Waals surface area contributed by atoms with Crippen molar-refractivity contribution in [3.8, 4) is 5.75 Å². The molecule has 212 valence electrons. The van der Waals surface area contributed by atoms with Crippen molar-refractivity contribution in [1.82, 2.24) is 15.3 Å². The monoisotopic (exact) mass is 662 g/mol. The third-order valence-electron chi connectivity index (χ3n) is 7.40. The van der Waals surface area contributed by atoms with Crippen LogP contribution in [0.1, 0.15) is 42.6 Å². The summed E-state index contributed by atoms with van der Waals surface area (Å²) < 4.78 is 11.8. The zero-order valence-electron chi connectivity index (χ0n) is 23.2. The summed E-state index contributed by atoms with van der Waals surface area (Å²) in [7, 11) is 1.40. The van der Waals surface area contributed by atoms with Crippen molar-refractivity contribution in [3.63, 3.8) is 0 Å². The van der Waals surface area contributed by atoms with Crippen LogP contribution in [0.3, 0.4) is 0 Å². The van der Waals surface area contributed by atoms with Gasteiger partial charge in [-0.3, -0.25) is 0 Å². The molecule has 1 fully saturated rings. The van der Waals surface area contributed by atoms with Crippen LogP contribution in [-0.2, 0) is 11.3 Å². The maximum Gasteiger partial charge on any atom is 0.406 e. The summed E-state index contributed by atoms with van der Waals surface area (Å²) in [5.41, 5.74) is 3.10. The molecule has 1 aliphatic carbocycles. The predicted molar refractivity (Wildman–Crippen MR) is 173 cm³/mol. The molecule has 2 N–H and O–H groups in total. The van der Waals surface area contributed by atoms with Gasteiger partial charge in [0, 0.05) is 22.0 Å². The zero-order chi connectivity index (χ0) is 28.4. The van der Waals surface area contributed by atoms with Crippen LogP contribution in [0.25, 0.3) is 23.1 Å². The number of benzene rings is 3. The van der Waals surface area contributed by atoms with Gasteiger partial charge in [-0.1, -0.05) is 55.0 Å². The molecule has 0 radical (unpaired) electrons. The van der Waals surface area contributed by atoms with Crippen LogP contribution in [0, 0.1) is 15.4 Å². The normalized spacial score (nSPS) is 16.9. The molecular weight excluding hydrogens is 627 g/mol. The molecule has 4 aromatic rings. The molecule has 1 heterocycles. The lowest BCUT2D eigenvalue weighted by Crippen LogP contribution is -2.33. The van der Waals surface area contributed by atoms with E-state index in [4.69, 9.17) is 19.4 Å². The Morgan fingerprint density at radius 2 is 1.76 bits per heavy atom. The number of methoxy groups -OCH3 is 1. The van der Waals surface area contributed by atoms with Crippen LogP contribution >= 0.6 is 22.6 Å². The highest BCUT2D eigenvalue weighted by Gasteiger charge is 2.23. The van der Waals surface area contributed by atoms with Gasteiger partial charge in [-0.2, -0.15) is 0 Å². The minimum atomic E-state index is -0.361. The van der Waals surface area contributed by atoms with Gasteiger partial charge in [0.15, 0.2) is 5.82 Å². The second-order valence-corrected chi connectivity index (χ2v) is 11.7. The average Bonchev–Trinajstić information content (AvgIpc) is 3.01. The smallest absolute Gasteiger partial charge is 0.406 e. The van der Waals surface area contributed by atoms with Crippen molar-refractivity contribution < 1.29 is 14.3 Å². The van der Waals surface area contributed by atoms with Crippen LogP contribution < -0.4 is 15.4 Å². The number of anilines is 1. The van der Waals surface area contributed by atoms with Crippen LogP contribution in [0.2, 0.25) is 0 Å². The summed E-state index contributed by atoms with van der Waals surface area (Å²) in [6.45, 7) is 2.04. The number of alkyl carbamates (subject to hydrolysis) is 1. The maximum absolute atomic E-state index is 11.5. The number of ether oxygens (including phenoxy) is 2. The van der Waals surface area contributed by atoms with Crippen LogP contribution in [0.4, 0.5) is 10.6 Å². The van der Waals surface area contributed by atoms with Gasteiger partial charge in [0.1, 0.15) is 18.2 Å². The maximum atomic E-state index is 11.5. The first kappa shape index (κ1) is 28.9. The van der Waals surface area contributed by atoms with Crippen LogP contribution in [0.5, 0.6) is 5.75 Å². The molecule has 1 saturated carbocycles. The number of carbonyl (C=O) groups excluding carboxylic acids is 1. The number of rotatable bonds is 10. The van der Waals surface area contributed by atoms with E-state index in [9.17, 15) is 4.79 Å². The lowest BCUT2D eigenvalue weighted by Gasteiger charge is -2.29. The minimum absolute atomic E-state index is 0.361. The van der Waals surface area contributed by atoms with E-state index in [1.54, 1.807) is 0 Å². The minimum Gasteiger partial charge on any atom is -0.489 e. The molecule has 0 aliphatic heterocycles. The van der Waals surface area contributed by atoms with Crippen molar-refractivity contribution in [1.29, 1.82) is 0 Å². The van der Waals surface area contributed by atoms with Gasteiger partial charge < -0.3 is 20.1 Å². The van der Waals surface area contributed by atoms with Gasteiger partial charge in [0.25, 0.3) is 0 Å². The molecular formula is C33H35IN4O3. The predicted octanol–water partition coefficient (Wildman–Crippen LogP) is 7.56. The summed E-state index contributed by atoms with van der Waals surface area (Å²) >= 11 is 2.33. The number of hydrogen-bond donors (Lipinski definition) is 2. The van der Waals surface area contributed by atoms with Crippen molar-refractivity contribution in [3.05, 3.63) is 93.3 Å². The topological polar surface area (TPSA) is 85.4 Å². The highest BCUT2D eigenvalue weighted by Crippen LogP contribution is 2.30. The molecule has 5 rings (SSSR count). The van der Waals surface area contributed by atoms with Crippen LogP contribution in [0.15, 0.2) is 72.8 Å². The van der Waals surface area contributed by atoms with Crippen molar-refractivity contribution in [2.75, 3.05) is 25.5 Å². The van der Waals surface area contributed by atoms with Gasteiger partial charge in [-0.25, -0.2) is 14.8 Å². The second kappa shape index (κ2) is 14.3. The second-order valence-electron chi connectivity index (χ2n) is 10.4. The van der Waals surface area contributed by atoms with E-state index < -0.39 is 0 Å². The summed E-state index contributed by atoms with van der Waals surface area (Å²) in [6.07, 6.45) is 8.14. The average molecular weight is 663 g/mol. The first-order valence-electron chi connectivity index (χ1n) is 14.0. The summed E-state index contributed by atoms with van der Waals surface area (Å²) in [6, 6.07) is 24.4. The lowest BCUT2D eigenvalue weighted by atomic mass is 9.81. The number of nitrogens with one attached hydrogen (secondary N) is 2. The first-order valence-corrected chi connectivity index (χ1v) is 15.1. The number of nitrogens with zero attached hydrogens (tertiary/aromatic N) is 2. The SMILES string of the molecule is COC(=O)NCC1CCCC(CNc2nc(/C=C/c3ccc(OCc4ccccc4)cc3)nc3ccc(I)cc23)C1. The van der Waals surface area contributed by atoms with E-state index in [0.29, 0.717) is 30.8 Å². The number of hydrogen-bond acceptors (Lipinski definition) is 6. The number of amides is 1. The molecule has 0 spiro atoms. The molecule has 1 aliphatic rings. The van der Waals surface area contributed by atoms with E-state index in [-0.39, 0.29) is 6.09 Å². The number of carbonyl (C=O) groups is 1. The summed E-state index contributed by atoms with van der Waals surface area (Å²) in [4.78, 5) is 21.2. The zero-order valence-corrected chi connectivity index (χ0v) is 25.3. The fraction of sp³-hybridized carbons (Fsp3) is 0.303. The Morgan fingerprint density at radius 3 is 2.54 bits per heavy atom. The Bertz CT molecular complexity index is 1480. The Labute approximate surface area is 254 Å². The molecule has 7 nitrogen and oxygen atoms in total. The number of halogens is 1. The van der Waals surface area contributed by atoms with Gasteiger partial charge in [0.05, 0.1) is 12.6 Å². The molecule has 2 atom stereocenters. The van der Waals surface area contributed by atoms with Gasteiger partial charge >= 0.3 is 6.09 Å². The van der Waals surface area contributed by atoms with Gasteiger partial charge in [-0.05, 0) is 101 Å². The highest BCUT2D eigenvalue weighted by atomic mass is 127. The van der Waals surface area contributed by atoms with E-state index in [0.717, 1.165) is 63.0 Å². The molecule has 1 amide bonds. The molecule has 8 heteroatoms. The van der Waals surface area contributed by atoms with Crippen molar-refractivity contribution in [2.45, 2.75) is 32.3 Å². The van der Waals surface area contributed by atoms with E-state index in [1.807, 2.05) is 54.6 Å². The summed E-state index contributed by atoms with van der Waals surface area (Å²) in [5.74, 6) is 3.33. The number of aromatic nitrogens is 2. The first-order chi connectivity index (χ1) is 20.1. The largest absolute Gasteiger partial charge is 0.489 e. The fourth-order valence-electron chi connectivity index (χ4n) is 5.23. The fourth-order valence-corrected chi connectivity index (χ4v) is 5.72. The van der Waals surface area contributed by atoms with Gasteiger partial charge in [0.2, 0.25) is 0 Å². The third-order valence-corrected chi connectivity index (χ3v) is 8.07. The molecule has 2 unspecified atom stereocenters. The Hall–Kier alpha value is -3.66. The highest BCUT2D eigenvalue weighted by molar-refractivity contribution is 14.1. The van der Waals surface area contributed by atoms with Gasteiger partial charge in [-0.15, -0.1) is 0 Å². The Balaban J connectivity index is 1.24. The van der Waals surface area contributed by atoms with Crippen LogP contribution in [-0.4, -0.2) is 36.3 Å². The number of fused-ring (bicyclic) bond motifs is 1. The van der Waals surface area contributed by atoms with Crippen molar-refractivity contribution in [2.24, 2.45) is 11.8 Å². The molecule has 41 heavy (non-hydrogen) atoms. The molecule has 1 aromatic heterocycles. The van der Waals surface area contributed by atoms with E-state index in [1.165, 1.54) is 13.5 Å². The Morgan fingerprint density at radius 1 is 0.976 bits per heavy atom. The van der Waals surface area contributed by atoms with E-state index in [2.05, 4.69) is 63.6 Å². The Kier molecular flexibility index (Phi) is 10.1. The molecule has 0 saturated heterocycles. The van der Waals surface area contributed by atoms with Crippen molar-refractivity contribution >= 4 is 57.6 Å². The van der Waals surface area contributed by atoms with E-state index >= 15 is 0 Å². The standard InChI is InChI=1S/C33H35IN4O3/c1-40-33(39)36-21-26-9-5-8-25(18-26)20-35-32-29-19-27(34)13-16-30(29)37-31(38-32)17-12-23-10-14-28(15-11-23)41-22-24-6-3-2-4-7-24/h2-4,6-7,10-17,19,25-26H,5,8-9,18,20-22H2,1H3,(H,36,39)(H,35,37,38)/b17-12+. The molecule has 3 aromatic carbocycles. The third kappa shape index (κ3) is 8.42.